The molecule has 1 amide bonds. The number of nitrogens with one attached hydrogen (secondary N) is 1. The smallest absolute Gasteiger partial charge is 0.293 e. The van der Waals surface area contributed by atoms with Crippen molar-refractivity contribution in [1.29, 1.82) is 0 Å². The number of hydrazone groups is 1. The molecule has 1 aliphatic heterocycles. The standard InChI is InChI=1S/C22H19Br2N5O5/c23-16-11-17(24)22(21-15(16)2-1-5-25-21)34-13-20(30)27-26-12-14-3-4-18(19(10-14)29(31)32)28-6-8-33-9-7-28/h1-5,10-12H,6-9,13H2,(H,27,30)/b26-12+. The van der Waals surface area contributed by atoms with Gasteiger partial charge in [0, 0.05) is 40.8 Å². The van der Waals surface area contributed by atoms with E-state index in [4.69, 9.17) is 9.47 Å². The highest BCUT2D eigenvalue weighted by Crippen LogP contribution is 2.37. The fraction of sp³-hybridized carbons (Fsp3) is 0.227. The zero-order valence-electron chi connectivity index (χ0n) is 17.7. The number of benzene rings is 2. The highest BCUT2D eigenvalue weighted by atomic mass is 79.9. The summed E-state index contributed by atoms with van der Waals surface area (Å²) in [6.45, 7) is 1.93. The van der Waals surface area contributed by atoms with Crippen molar-refractivity contribution in [3.05, 3.63) is 67.2 Å². The highest BCUT2D eigenvalue weighted by Gasteiger charge is 2.21. The lowest BCUT2D eigenvalue weighted by molar-refractivity contribution is -0.384. The number of carbonyl (C=O) groups is 1. The van der Waals surface area contributed by atoms with E-state index < -0.39 is 10.8 Å². The molecule has 1 saturated heterocycles. The number of fused-ring (bicyclic) bond motifs is 1. The Morgan fingerprint density at radius 2 is 2.06 bits per heavy atom. The summed E-state index contributed by atoms with van der Waals surface area (Å²) in [5.41, 5.74) is 3.96. The number of halogens is 2. The number of anilines is 1. The Balaban J connectivity index is 1.40. The Morgan fingerprint density at radius 3 is 2.82 bits per heavy atom. The summed E-state index contributed by atoms with van der Waals surface area (Å²) in [4.78, 5) is 29.6. The molecule has 12 heteroatoms. The van der Waals surface area contributed by atoms with Crippen molar-refractivity contribution >= 4 is 66.3 Å². The number of hydrogen-bond acceptors (Lipinski definition) is 8. The molecular weight excluding hydrogens is 574 g/mol. The maximum absolute atomic E-state index is 12.2. The van der Waals surface area contributed by atoms with E-state index in [-0.39, 0.29) is 12.3 Å². The Hall–Kier alpha value is -3.09. The SMILES string of the molecule is O=C(COc1c(Br)cc(Br)c2cccnc12)N/N=C/c1ccc(N2CCOCC2)c([N+](=O)[O-])c1. The molecule has 10 nitrogen and oxygen atoms in total. The highest BCUT2D eigenvalue weighted by molar-refractivity contribution is 9.11. The van der Waals surface area contributed by atoms with E-state index in [1.54, 1.807) is 18.3 Å². The molecule has 0 radical (unpaired) electrons. The molecule has 4 rings (SSSR count). The third-order valence-corrected chi connectivity index (χ3v) is 6.29. The molecule has 0 spiro atoms. The van der Waals surface area contributed by atoms with Crippen LogP contribution in [0, 0.1) is 10.1 Å². The molecule has 0 unspecified atom stereocenters. The Morgan fingerprint density at radius 1 is 1.26 bits per heavy atom. The normalized spacial score (nSPS) is 13.9. The number of carbonyl (C=O) groups excluding carboxylic acids is 1. The molecule has 2 aromatic carbocycles. The summed E-state index contributed by atoms with van der Waals surface area (Å²) in [5, 5.41) is 16.3. The first kappa shape index (κ1) is 24.0. The summed E-state index contributed by atoms with van der Waals surface area (Å²) in [6, 6.07) is 10.3. The van der Waals surface area contributed by atoms with Crippen LogP contribution < -0.4 is 15.1 Å². The minimum atomic E-state index is -0.491. The predicted molar refractivity (Wildman–Crippen MR) is 135 cm³/mol. The van der Waals surface area contributed by atoms with E-state index in [9.17, 15) is 14.9 Å². The van der Waals surface area contributed by atoms with Crippen LogP contribution in [0.5, 0.6) is 5.75 Å². The number of morpholine rings is 1. The minimum Gasteiger partial charge on any atom is -0.480 e. The number of amides is 1. The van der Waals surface area contributed by atoms with Crippen LogP contribution in [0.2, 0.25) is 0 Å². The summed E-state index contributed by atoms with van der Waals surface area (Å²) in [5.74, 6) is -0.0538. The van der Waals surface area contributed by atoms with Crippen LogP contribution in [0.1, 0.15) is 5.56 Å². The average molecular weight is 593 g/mol. The van der Waals surface area contributed by atoms with Gasteiger partial charge in [0.1, 0.15) is 11.2 Å². The van der Waals surface area contributed by atoms with Crippen LogP contribution in [0.15, 0.2) is 56.6 Å². The number of aromatic nitrogens is 1. The van der Waals surface area contributed by atoms with Crippen LogP contribution in [0.3, 0.4) is 0 Å². The van der Waals surface area contributed by atoms with E-state index in [1.165, 1.54) is 12.3 Å². The molecule has 3 aromatic rings. The molecule has 0 atom stereocenters. The third kappa shape index (κ3) is 5.51. The van der Waals surface area contributed by atoms with Crippen molar-refractivity contribution in [1.82, 2.24) is 10.4 Å². The molecule has 1 fully saturated rings. The van der Waals surface area contributed by atoms with Crippen molar-refractivity contribution in [2.75, 3.05) is 37.8 Å². The van der Waals surface area contributed by atoms with E-state index in [0.717, 1.165) is 9.86 Å². The van der Waals surface area contributed by atoms with E-state index in [0.29, 0.717) is 53.3 Å². The lowest BCUT2D eigenvalue weighted by atomic mass is 10.1. The van der Waals surface area contributed by atoms with Gasteiger partial charge in [-0.2, -0.15) is 5.10 Å². The van der Waals surface area contributed by atoms with Crippen LogP contribution in [0.4, 0.5) is 11.4 Å². The number of nitro groups is 1. The van der Waals surface area contributed by atoms with Crippen molar-refractivity contribution in [3.8, 4) is 5.75 Å². The van der Waals surface area contributed by atoms with Gasteiger partial charge < -0.3 is 14.4 Å². The molecule has 1 aliphatic rings. The number of nitro benzene ring substituents is 1. The zero-order valence-corrected chi connectivity index (χ0v) is 20.9. The first-order valence-corrected chi connectivity index (χ1v) is 11.8. The van der Waals surface area contributed by atoms with Gasteiger partial charge in [0.05, 0.1) is 28.8 Å². The first-order valence-electron chi connectivity index (χ1n) is 10.2. The fourth-order valence-corrected chi connectivity index (χ4v) is 4.86. The van der Waals surface area contributed by atoms with Crippen molar-refractivity contribution in [3.63, 3.8) is 0 Å². The summed E-state index contributed by atoms with van der Waals surface area (Å²) < 4.78 is 12.5. The molecule has 0 bridgehead atoms. The molecule has 0 saturated carbocycles. The third-order valence-electron chi connectivity index (χ3n) is 5.05. The summed E-state index contributed by atoms with van der Waals surface area (Å²) in [6.07, 6.45) is 2.99. The van der Waals surface area contributed by atoms with Crippen LogP contribution >= 0.6 is 31.9 Å². The van der Waals surface area contributed by atoms with Gasteiger partial charge in [0.2, 0.25) is 0 Å². The molecule has 1 N–H and O–H groups in total. The lowest BCUT2D eigenvalue weighted by Gasteiger charge is -2.28. The maximum Gasteiger partial charge on any atom is 0.293 e. The van der Waals surface area contributed by atoms with Crippen molar-refractivity contribution in [2.45, 2.75) is 0 Å². The van der Waals surface area contributed by atoms with Gasteiger partial charge in [0.15, 0.2) is 12.4 Å². The van der Waals surface area contributed by atoms with E-state index in [1.807, 2.05) is 23.1 Å². The molecule has 2 heterocycles. The van der Waals surface area contributed by atoms with Gasteiger partial charge in [0.25, 0.3) is 11.6 Å². The quantitative estimate of drug-likeness (QED) is 0.250. The van der Waals surface area contributed by atoms with Crippen LogP contribution in [-0.4, -0.2) is 54.9 Å². The van der Waals surface area contributed by atoms with Gasteiger partial charge in [-0.3, -0.25) is 19.9 Å². The Bertz CT molecular complexity index is 1260. The van der Waals surface area contributed by atoms with Crippen molar-refractivity contribution < 1.29 is 19.2 Å². The largest absolute Gasteiger partial charge is 0.480 e. The molecular formula is C22H19Br2N5O5. The van der Waals surface area contributed by atoms with Gasteiger partial charge >= 0.3 is 0 Å². The second kappa shape index (κ2) is 10.9. The number of pyridine rings is 1. The van der Waals surface area contributed by atoms with Gasteiger partial charge in [-0.15, -0.1) is 0 Å². The minimum absolute atomic E-state index is 0.0278. The number of nitrogens with zero attached hydrogens (tertiary/aromatic N) is 4. The van der Waals surface area contributed by atoms with Gasteiger partial charge in [-0.25, -0.2) is 5.43 Å². The fourth-order valence-electron chi connectivity index (χ4n) is 3.47. The van der Waals surface area contributed by atoms with E-state index in [2.05, 4.69) is 47.4 Å². The molecule has 34 heavy (non-hydrogen) atoms. The number of hydrogen-bond donors (Lipinski definition) is 1. The monoisotopic (exact) mass is 591 g/mol. The average Bonchev–Trinajstić information content (AvgIpc) is 2.84. The second-order valence-electron chi connectivity index (χ2n) is 7.26. The molecule has 0 aliphatic carbocycles. The topological polar surface area (TPSA) is 119 Å². The van der Waals surface area contributed by atoms with Crippen LogP contribution in [0.25, 0.3) is 10.9 Å². The number of ether oxygens (including phenoxy) is 2. The first-order chi connectivity index (χ1) is 16.4. The summed E-state index contributed by atoms with van der Waals surface area (Å²) in [7, 11) is 0. The van der Waals surface area contributed by atoms with E-state index >= 15 is 0 Å². The Kier molecular flexibility index (Phi) is 7.70. The second-order valence-corrected chi connectivity index (χ2v) is 8.96. The van der Waals surface area contributed by atoms with Gasteiger partial charge in [-0.1, -0.05) is 28.1 Å². The zero-order chi connectivity index (χ0) is 24.1. The Labute approximate surface area is 211 Å². The number of rotatable bonds is 7. The van der Waals surface area contributed by atoms with Gasteiger partial charge in [-0.05, 0) is 34.1 Å². The predicted octanol–water partition coefficient (Wildman–Crippen LogP) is 4.03. The molecule has 1 aromatic heterocycles. The summed E-state index contributed by atoms with van der Waals surface area (Å²) >= 11 is 6.92. The molecule has 176 valence electrons. The maximum atomic E-state index is 12.2. The van der Waals surface area contributed by atoms with Crippen molar-refractivity contribution in [2.24, 2.45) is 5.10 Å². The lowest BCUT2D eigenvalue weighted by Crippen LogP contribution is -2.36. The van der Waals surface area contributed by atoms with Crippen LogP contribution in [-0.2, 0) is 9.53 Å².